The molecule has 1 heterocycles. The number of hydrogen-bond donors (Lipinski definition) is 5. The average Bonchev–Trinajstić information content (AvgIpc) is 2.49. The van der Waals surface area contributed by atoms with Crippen molar-refractivity contribution in [3.8, 4) is 0 Å². The zero-order valence-corrected chi connectivity index (χ0v) is 13.3. The van der Waals surface area contributed by atoms with E-state index in [2.05, 4.69) is 10.2 Å². The molecule has 0 radical (unpaired) electrons. The van der Waals surface area contributed by atoms with Gasteiger partial charge in [-0.2, -0.15) is 0 Å². The van der Waals surface area contributed by atoms with Gasteiger partial charge >= 0.3 is 13.1 Å². The van der Waals surface area contributed by atoms with Crippen LogP contribution in [0.5, 0.6) is 0 Å². The van der Waals surface area contributed by atoms with E-state index in [-0.39, 0.29) is 6.32 Å². The molecule has 1 aliphatic heterocycles. The molecular formula is C14H30BN3O4. The van der Waals surface area contributed by atoms with Gasteiger partial charge in [-0.3, -0.25) is 4.79 Å². The lowest BCUT2D eigenvalue weighted by molar-refractivity contribution is -0.144. The number of rotatable bonds is 11. The Kier molecular flexibility index (Phi) is 8.96. The lowest BCUT2D eigenvalue weighted by Gasteiger charge is -2.28. The molecule has 0 saturated carbocycles. The van der Waals surface area contributed by atoms with Crippen LogP contribution < -0.4 is 11.1 Å². The zero-order valence-electron chi connectivity index (χ0n) is 13.3. The van der Waals surface area contributed by atoms with Crippen LogP contribution in [0.2, 0.25) is 6.32 Å². The summed E-state index contributed by atoms with van der Waals surface area (Å²) in [6.45, 7) is 5.14. The molecule has 1 rings (SSSR count). The summed E-state index contributed by atoms with van der Waals surface area (Å²) >= 11 is 0. The Balaban J connectivity index is 2.22. The molecular weight excluding hydrogens is 285 g/mol. The summed E-state index contributed by atoms with van der Waals surface area (Å²) < 4.78 is 0. The van der Waals surface area contributed by atoms with Crippen LogP contribution >= 0.6 is 0 Å². The molecule has 0 spiro atoms. The summed E-state index contributed by atoms with van der Waals surface area (Å²) in [5.74, 6) is -0.959. The van der Waals surface area contributed by atoms with Gasteiger partial charge in [-0.25, -0.2) is 0 Å². The minimum absolute atomic E-state index is 0.263. The minimum Gasteiger partial charge on any atom is -0.480 e. The van der Waals surface area contributed by atoms with Crippen molar-refractivity contribution in [3.63, 3.8) is 0 Å². The summed E-state index contributed by atoms with van der Waals surface area (Å²) in [7, 11) is -1.32. The van der Waals surface area contributed by atoms with E-state index in [1.165, 1.54) is 0 Å². The van der Waals surface area contributed by atoms with Gasteiger partial charge in [0.1, 0.15) is 5.54 Å². The van der Waals surface area contributed by atoms with Gasteiger partial charge in [-0.1, -0.05) is 12.8 Å². The second-order valence-corrected chi connectivity index (χ2v) is 6.24. The van der Waals surface area contributed by atoms with E-state index in [1.807, 2.05) is 0 Å². The van der Waals surface area contributed by atoms with E-state index in [0.29, 0.717) is 25.7 Å². The summed E-state index contributed by atoms with van der Waals surface area (Å²) in [5, 5.41) is 30.2. The number of unbranched alkanes of at least 4 members (excludes halogenated alkanes) is 2. The van der Waals surface area contributed by atoms with Crippen molar-refractivity contribution < 1.29 is 19.9 Å². The van der Waals surface area contributed by atoms with E-state index < -0.39 is 18.6 Å². The van der Waals surface area contributed by atoms with Crippen molar-refractivity contribution in [2.45, 2.75) is 50.4 Å². The quantitative estimate of drug-likeness (QED) is 0.257. The predicted molar refractivity (Wildman–Crippen MR) is 86.6 cm³/mol. The van der Waals surface area contributed by atoms with Gasteiger partial charge < -0.3 is 31.1 Å². The molecule has 1 saturated heterocycles. The third-order valence-corrected chi connectivity index (χ3v) is 4.32. The topological polar surface area (TPSA) is 119 Å². The number of carboxylic acid groups (broad SMARTS) is 1. The average molecular weight is 315 g/mol. The number of nitrogens with one attached hydrogen (secondary N) is 1. The molecule has 0 aliphatic carbocycles. The second-order valence-electron chi connectivity index (χ2n) is 6.24. The highest BCUT2D eigenvalue weighted by atomic mass is 16.4. The van der Waals surface area contributed by atoms with Crippen molar-refractivity contribution in [3.05, 3.63) is 0 Å². The van der Waals surface area contributed by atoms with Crippen molar-refractivity contribution >= 4 is 13.1 Å². The summed E-state index contributed by atoms with van der Waals surface area (Å²) in [4.78, 5) is 13.8. The van der Waals surface area contributed by atoms with E-state index in [4.69, 9.17) is 15.8 Å². The third kappa shape index (κ3) is 7.55. The number of carboxylic acids is 1. The summed E-state index contributed by atoms with van der Waals surface area (Å²) in [6, 6.07) is 0. The summed E-state index contributed by atoms with van der Waals surface area (Å²) in [5.41, 5.74) is 4.84. The predicted octanol–water partition coefficient (Wildman–Crippen LogP) is -0.513. The first-order valence-electron chi connectivity index (χ1n) is 8.25. The van der Waals surface area contributed by atoms with Gasteiger partial charge in [0.15, 0.2) is 0 Å². The fourth-order valence-corrected chi connectivity index (χ4v) is 2.82. The Morgan fingerprint density at radius 3 is 2.27 bits per heavy atom. The number of nitrogens with two attached hydrogens (primary N) is 1. The molecule has 128 valence electrons. The molecule has 1 fully saturated rings. The maximum atomic E-state index is 11.4. The largest absolute Gasteiger partial charge is 0.480 e. The molecule has 1 unspecified atom stereocenters. The van der Waals surface area contributed by atoms with Gasteiger partial charge in [0.2, 0.25) is 0 Å². The summed E-state index contributed by atoms with van der Waals surface area (Å²) in [6.07, 6.45) is 4.04. The Morgan fingerprint density at radius 1 is 1.14 bits per heavy atom. The molecule has 22 heavy (non-hydrogen) atoms. The van der Waals surface area contributed by atoms with Crippen molar-refractivity contribution in [2.75, 3.05) is 32.7 Å². The van der Waals surface area contributed by atoms with Gasteiger partial charge in [0.25, 0.3) is 0 Å². The molecule has 7 nitrogen and oxygen atoms in total. The number of piperazine rings is 1. The van der Waals surface area contributed by atoms with Gasteiger partial charge in [0.05, 0.1) is 0 Å². The van der Waals surface area contributed by atoms with Crippen molar-refractivity contribution in [2.24, 2.45) is 5.73 Å². The maximum absolute atomic E-state index is 11.4. The Morgan fingerprint density at radius 2 is 1.73 bits per heavy atom. The first-order valence-corrected chi connectivity index (χ1v) is 8.25. The first kappa shape index (κ1) is 19.4. The number of hydrogen-bond acceptors (Lipinski definition) is 6. The lowest BCUT2D eigenvalue weighted by Crippen LogP contribution is -2.48. The molecule has 1 atom stereocenters. The molecule has 1 aliphatic rings. The van der Waals surface area contributed by atoms with Crippen LogP contribution in [0.4, 0.5) is 0 Å². The molecule has 0 bridgehead atoms. The van der Waals surface area contributed by atoms with Crippen LogP contribution in [-0.2, 0) is 4.79 Å². The van der Waals surface area contributed by atoms with Crippen LogP contribution in [0.15, 0.2) is 0 Å². The van der Waals surface area contributed by atoms with E-state index in [0.717, 1.165) is 45.6 Å². The Bertz CT molecular complexity index is 327. The standard InChI is InChI=1S/C14H30BN3O4/c16-14(13(19)20,5-1-3-7-15(21)22)6-2-4-10-18-11-8-17-9-12-18/h17,21-22H,1-12,16H2,(H,19,20). The van der Waals surface area contributed by atoms with Crippen LogP contribution in [0.25, 0.3) is 0 Å². The van der Waals surface area contributed by atoms with Gasteiger partial charge in [-0.05, 0) is 38.5 Å². The SMILES string of the molecule is NC(CCCCB(O)O)(CCCCN1CCNCC1)C(=O)O. The van der Waals surface area contributed by atoms with Crippen LogP contribution in [0, 0.1) is 0 Å². The fourth-order valence-electron chi connectivity index (χ4n) is 2.82. The fraction of sp³-hybridized carbons (Fsp3) is 0.929. The number of aliphatic carboxylic acids is 1. The molecule has 0 aromatic carbocycles. The van der Waals surface area contributed by atoms with Crippen molar-refractivity contribution in [1.29, 1.82) is 0 Å². The molecule has 0 amide bonds. The lowest BCUT2D eigenvalue weighted by atomic mass is 9.81. The van der Waals surface area contributed by atoms with Crippen molar-refractivity contribution in [1.82, 2.24) is 10.2 Å². The number of nitrogens with zero attached hydrogens (tertiary/aromatic N) is 1. The molecule has 8 heteroatoms. The van der Waals surface area contributed by atoms with Crippen LogP contribution in [0.3, 0.4) is 0 Å². The highest BCUT2D eigenvalue weighted by Crippen LogP contribution is 2.20. The molecule has 0 aromatic heterocycles. The zero-order chi connectivity index (χ0) is 16.4. The maximum Gasteiger partial charge on any atom is 0.451 e. The third-order valence-electron chi connectivity index (χ3n) is 4.32. The van der Waals surface area contributed by atoms with E-state index >= 15 is 0 Å². The smallest absolute Gasteiger partial charge is 0.451 e. The highest BCUT2D eigenvalue weighted by molar-refractivity contribution is 6.40. The first-order chi connectivity index (χ1) is 10.4. The van der Waals surface area contributed by atoms with Gasteiger partial charge in [0, 0.05) is 26.2 Å². The van der Waals surface area contributed by atoms with Crippen LogP contribution in [-0.4, -0.2) is 71.4 Å². The Labute approximate surface area is 133 Å². The van der Waals surface area contributed by atoms with Crippen LogP contribution in [0.1, 0.15) is 38.5 Å². The van der Waals surface area contributed by atoms with E-state index in [9.17, 15) is 9.90 Å². The minimum atomic E-state index is -1.32. The van der Waals surface area contributed by atoms with E-state index in [1.54, 1.807) is 0 Å². The highest BCUT2D eigenvalue weighted by Gasteiger charge is 2.32. The number of carbonyl (C=O) groups is 1. The monoisotopic (exact) mass is 315 g/mol. The Hall–Kier alpha value is -0.665. The molecule has 0 aromatic rings. The molecule has 6 N–H and O–H groups in total. The second kappa shape index (κ2) is 10.2. The normalized spacial score (nSPS) is 18.9. The van der Waals surface area contributed by atoms with Gasteiger partial charge in [-0.15, -0.1) is 0 Å².